The third kappa shape index (κ3) is 5.17. The molecule has 3 aromatic rings. The highest BCUT2D eigenvalue weighted by Gasteiger charge is 2.18. The fourth-order valence-electron chi connectivity index (χ4n) is 3.57. The molecule has 0 amide bonds. The predicted octanol–water partition coefficient (Wildman–Crippen LogP) is 4.81. The van der Waals surface area contributed by atoms with Crippen molar-refractivity contribution in [3.63, 3.8) is 0 Å². The molecule has 0 radical (unpaired) electrons. The van der Waals surface area contributed by atoms with Crippen LogP contribution in [0, 0.1) is 0 Å². The number of ether oxygens (including phenoxy) is 1. The molecular formula is C24H23ClN2O3. The van der Waals surface area contributed by atoms with Crippen LogP contribution in [0.2, 0.25) is 5.02 Å². The van der Waals surface area contributed by atoms with Crippen LogP contribution in [-0.2, 0) is 24.4 Å². The van der Waals surface area contributed by atoms with E-state index in [1.165, 1.54) is 11.1 Å². The Bertz CT molecular complexity index is 1020. The van der Waals surface area contributed by atoms with Gasteiger partial charge in [0.05, 0.1) is 12.1 Å². The SMILES string of the molecule is O=C(O)CCN1CCc2cc(-c3ccc(OCc4ccc(Cl)cc4)cc3)ncc2C1. The van der Waals surface area contributed by atoms with Crippen LogP contribution in [0.25, 0.3) is 11.3 Å². The molecule has 6 heteroatoms. The molecule has 0 atom stereocenters. The van der Waals surface area contributed by atoms with E-state index >= 15 is 0 Å². The minimum absolute atomic E-state index is 0.174. The van der Waals surface area contributed by atoms with E-state index in [0.717, 1.165) is 42.1 Å². The molecule has 5 nitrogen and oxygen atoms in total. The van der Waals surface area contributed by atoms with Crippen LogP contribution < -0.4 is 4.74 Å². The second kappa shape index (κ2) is 9.28. The Labute approximate surface area is 180 Å². The highest BCUT2D eigenvalue weighted by molar-refractivity contribution is 6.30. The number of rotatable bonds is 7. The number of carboxylic acid groups (broad SMARTS) is 1. The first-order valence-electron chi connectivity index (χ1n) is 9.96. The number of hydrogen-bond donors (Lipinski definition) is 1. The number of aliphatic carboxylic acids is 1. The molecule has 2 aromatic carbocycles. The van der Waals surface area contributed by atoms with Gasteiger partial charge >= 0.3 is 5.97 Å². The molecule has 0 saturated carbocycles. The quantitative estimate of drug-likeness (QED) is 0.591. The van der Waals surface area contributed by atoms with Crippen LogP contribution in [0.1, 0.15) is 23.1 Å². The molecule has 0 fully saturated rings. The summed E-state index contributed by atoms with van der Waals surface area (Å²) in [5.41, 5.74) is 5.52. The predicted molar refractivity (Wildman–Crippen MR) is 117 cm³/mol. The van der Waals surface area contributed by atoms with Gasteiger partial charge in [0.2, 0.25) is 0 Å². The Morgan fingerprint density at radius 3 is 2.60 bits per heavy atom. The maximum absolute atomic E-state index is 10.8. The Balaban J connectivity index is 1.38. The number of carbonyl (C=O) groups is 1. The summed E-state index contributed by atoms with van der Waals surface area (Å²) < 4.78 is 5.85. The van der Waals surface area contributed by atoms with E-state index in [1.807, 2.05) is 54.7 Å². The molecular weight excluding hydrogens is 400 g/mol. The van der Waals surface area contributed by atoms with Crippen molar-refractivity contribution in [2.45, 2.75) is 26.0 Å². The van der Waals surface area contributed by atoms with Crippen LogP contribution in [0.4, 0.5) is 0 Å². The summed E-state index contributed by atoms with van der Waals surface area (Å²) in [6.07, 6.45) is 3.00. The minimum atomic E-state index is -0.755. The van der Waals surface area contributed by atoms with E-state index < -0.39 is 5.97 Å². The standard InChI is InChI=1S/C24H23ClN2O3/c25-21-5-1-17(2-6-21)16-30-22-7-3-18(4-8-22)23-13-19-9-11-27(12-10-24(28)29)15-20(19)14-26-23/h1-8,13-14H,9-12,15-16H2,(H,28,29). The van der Waals surface area contributed by atoms with Gasteiger partial charge in [-0.3, -0.25) is 14.7 Å². The molecule has 1 aliphatic rings. The molecule has 0 unspecified atom stereocenters. The number of carboxylic acids is 1. The molecule has 4 rings (SSSR count). The first-order valence-corrected chi connectivity index (χ1v) is 10.3. The largest absolute Gasteiger partial charge is 0.489 e. The molecule has 30 heavy (non-hydrogen) atoms. The summed E-state index contributed by atoms with van der Waals surface area (Å²) in [6, 6.07) is 17.7. The lowest BCUT2D eigenvalue weighted by Crippen LogP contribution is -2.32. The Morgan fingerprint density at radius 2 is 1.87 bits per heavy atom. The maximum Gasteiger partial charge on any atom is 0.304 e. The zero-order valence-electron chi connectivity index (χ0n) is 16.6. The average Bonchev–Trinajstić information content (AvgIpc) is 2.77. The zero-order valence-corrected chi connectivity index (χ0v) is 17.3. The number of fused-ring (bicyclic) bond motifs is 1. The highest BCUT2D eigenvalue weighted by atomic mass is 35.5. The lowest BCUT2D eigenvalue weighted by atomic mass is 9.99. The molecule has 0 aliphatic carbocycles. The average molecular weight is 423 g/mol. The highest BCUT2D eigenvalue weighted by Crippen LogP contribution is 2.26. The number of pyridine rings is 1. The Kier molecular flexibility index (Phi) is 6.31. The smallest absolute Gasteiger partial charge is 0.304 e. The molecule has 2 heterocycles. The zero-order chi connectivity index (χ0) is 20.9. The van der Waals surface area contributed by atoms with E-state index in [0.29, 0.717) is 18.2 Å². The lowest BCUT2D eigenvalue weighted by molar-refractivity contribution is -0.137. The summed E-state index contributed by atoms with van der Waals surface area (Å²) in [5, 5.41) is 9.59. The topological polar surface area (TPSA) is 62.7 Å². The summed E-state index contributed by atoms with van der Waals surface area (Å²) in [4.78, 5) is 17.6. The van der Waals surface area contributed by atoms with Gasteiger partial charge in [-0.1, -0.05) is 23.7 Å². The number of hydrogen-bond acceptors (Lipinski definition) is 4. The summed E-state index contributed by atoms with van der Waals surface area (Å²) in [7, 11) is 0. The van der Waals surface area contributed by atoms with Crippen molar-refractivity contribution in [3.05, 3.63) is 82.5 Å². The fourth-order valence-corrected chi connectivity index (χ4v) is 3.70. The van der Waals surface area contributed by atoms with Gasteiger partial charge in [-0.05, 0) is 65.6 Å². The van der Waals surface area contributed by atoms with E-state index in [4.69, 9.17) is 21.4 Å². The Hall–Kier alpha value is -2.89. The first kappa shape index (κ1) is 20.4. The van der Waals surface area contributed by atoms with Crippen molar-refractivity contribution >= 4 is 17.6 Å². The van der Waals surface area contributed by atoms with Crippen LogP contribution >= 0.6 is 11.6 Å². The number of benzene rings is 2. The third-order valence-corrected chi connectivity index (χ3v) is 5.54. The van der Waals surface area contributed by atoms with E-state index in [-0.39, 0.29) is 6.42 Å². The monoisotopic (exact) mass is 422 g/mol. The molecule has 1 aliphatic heterocycles. The normalized spacial score (nSPS) is 13.6. The van der Waals surface area contributed by atoms with E-state index in [9.17, 15) is 4.79 Å². The Morgan fingerprint density at radius 1 is 1.10 bits per heavy atom. The number of aromatic nitrogens is 1. The van der Waals surface area contributed by atoms with Crippen LogP contribution in [0.5, 0.6) is 5.75 Å². The number of halogens is 1. The van der Waals surface area contributed by atoms with Crippen molar-refractivity contribution in [1.29, 1.82) is 0 Å². The number of nitrogens with zero attached hydrogens (tertiary/aromatic N) is 2. The van der Waals surface area contributed by atoms with Crippen molar-refractivity contribution in [1.82, 2.24) is 9.88 Å². The van der Waals surface area contributed by atoms with Gasteiger partial charge in [-0.15, -0.1) is 0 Å². The van der Waals surface area contributed by atoms with Gasteiger partial charge in [0.1, 0.15) is 12.4 Å². The van der Waals surface area contributed by atoms with Gasteiger partial charge in [0.15, 0.2) is 0 Å². The van der Waals surface area contributed by atoms with Gasteiger partial charge in [0.25, 0.3) is 0 Å². The molecule has 0 spiro atoms. The second-order valence-corrected chi connectivity index (χ2v) is 7.88. The van der Waals surface area contributed by atoms with Crippen molar-refractivity contribution < 1.29 is 14.6 Å². The van der Waals surface area contributed by atoms with E-state index in [1.54, 1.807) is 0 Å². The van der Waals surface area contributed by atoms with Crippen LogP contribution in [0.3, 0.4) is 0 Å². The van der Waals surface area contributed by atoms with Gasteiger partial charge < -0.3 is 9.84 Å². The minimum Gasteiger partial charge on any atom is -0.489 e. The van der Waals surface area contributed by atoms with E-state index in [2.05, 4.69) is 16.0 Å². The van der Waals surface area contributed by atoms with Crippen LogP contribution in [0.15, 0.2) is 60.8 Å². The third-order valence-electron chi connectivity index (χ3n) is 5.28. The fraction of sp³-hybridized carbons (Fsp3) is 0.250. The van der Waals surface area contributed by atoms with Gasteiger partial charge in [-0.2, -0.15) is 0 Å². The molecule has 0 saturated heterocycles. The lowest BCUT2D eigenvalue weighted by Gasteiger charge is -2.28. The molecule has 1 N–H and O–H groups in total. The maximum atomic E-state index is 10.8. The summed E-state index contributed by atoms with van der Waals surface area (Å²) >= 11 is 5.91. The van der Waals surface area contributed by atoms with Gasteiger partial charge in [-0.25, -0.2) is 0 Å². The molecule has 1 aromatic heterocycles. The van der Waals surface area contributed by atoms with Crippen LogP contribution in [-0.4, -0.2) is 34.0 Å². The second-order valence-electron chi connectivity index (χ2n) is 7.45. The van der Waals surface area contributed by atoms with Crippen molar-refractivity contribution in [3.8, 4) is 17.0 Å². The summed E-state index contributed by atoms with van der Waals surface area (Å²) in [6.45, 7) is 2.70. The van der Waals surface area contributed by atoms with Crippen molar-refractivity contribution in [2.75, 3.05) is 13.1 Å². The van der Waals surface area contributed by atoms with Gasteiger partial charge in [0, 0.05) is 36.4 Å². The summed E-state index contributed by atoms with van der Waals surface area (Å²) in [5.74, 6) is 0.0515. The molecule has 154 valence electrons. The molecule has 0 bridgehead atoms. The van der Waals surface area contributed by atoms with Crippen molar-refractivity contribution in [2.24, 2.45) is 0 Å². The first-order chi connectivity index (χ1) is 14.6.